The zero-order valence-corrected chi connectivity index (χ0v) is 16.3. The van der Waals surface area contributed by atoms with Crippen molar-refractivity contribution in [3.05, 3.63) is 17.0 Å². The Morgan fingerprint density at radius 3 is 2.56 bits per heavy atom. The van der Waals surface area contributed by atoms with E-state index in [1.54, 1.807) is 4.52 Å². The molecule has 0 saturated carbocycles. The second-order valence-corrected chi connectivity index (χ2v) is 7.40. The molecule has 1 amide bonds. The van der Waals surface area contributed by atoms with Crippen molar-refractivity contribution in [1.29, 1.82) is 0 Å². The van der Waals surface area contributed by atoms with Crippen LogP contribution in [0.3, 0.4) is 0 Å². The van der Waals surface area contributed by atoms with Gasteiger partial charge >= 0.3 is 0 Å². The molecule has 25 heavy (non-hydrogen) atoms. The smallest absolute Gasteiger partial charge is 0.253 e. The van der Waals surface area contributed by atoms with Crippen LogP contribution in [-0.4, -0.2) is 61.9 Å². The third-order valence-corrected chi connectivity index (χ3v) is 5.11. The molecule has 3 heterocycles. The van der Waals surface area contributed by atoms with E-state index in [2.05, 4.69) is 15.1 Å². The van der Waals surface area contributed by atoms with E-state index in [-0.39, 0.29) is 18.1 Å². The minimum Gasteiger partial charge on any atom is -0.372 e. The van der Waals surface area contributed by atoms with Gasteiger partial charge in [-0.05, 0) is 45.9 Å². The van der Waals surface area contributed by atoms with Crippen molar-refractivity contribution in [3.8, 4) is 0 Å². The standard InChI is InChI=1S/C17H25N5O2S/c1-10-8-21(9-11(2)24-10)15(23)7-6-14-12(3)18-16-19-17(25-5)20-22(16)13(14)4/h10-11H,6-9H2,1-5H3/t10-,11-/m1/s1. The number of aryl methyl sites for hydroxylation is 2. The van der Waals surface area contributed by atoms with Crippen LogP contribution in [0.25, 0.3) is 5.78 Å². The van der Waals surface area contributed by atoms with Crippen molar-refractivity contribution >= 4 is 23.4 Å². The SMILES string of the molecule is CSc1nc2nc(C)c(CCC(=O)N3C[C@@H](C)O[C@H](C)C3)c(C)n2n1. The van der Waals surface area contributed by atoms with Gasteiger partial charge in [-0.25, -0.2) is 9.50 Å². The van der Waals surface area contributed by atoms with E-state index in [9.17, 15) is 4.79 Å². The molecule has 136 valence electrons. The molecule has 2 aromatic heterocycles. The van der Waals surface area contributed by atoms with Gasteiger partial charge in [0.25, 0.3) is 5.78 Å². The lowest BCUT2D eigenvalue weighted by Gasteiger charge is -2.35. The second kappa shape index (κ2) is 7.29. The normalized spacial score (nSPS) is 21.1. The lowest BCUT2D eigenvalue weighted by atomic mass is 10.1. The molecule has 0 spiro atoms. The quantitative estimate of drug-likeness (QED) is 0.774. The maximum atomic E-state index is 12.6. The van der Waals surface area contributed by atoms with E-state index < -0.39 is 0 Å². The van der Waals surface area contributed by atoms with Crippen LogP contribution < -0.4 is 0 Å². The number of nitrogens with zero attached hydrogens (tertiary/aromatic N) is 5. The summed E-state index contributed by atoms with van der Waals surface area (Å²) >= 11 is 1.50. The molecular formula is C17H25N5O2S. The second-order valence-electron chi connectivity index (χ2n) is 6.63. The van der Waals surface area contributed by atoms with Crippen LogP contribution in [-0.2, 0) is 16.0 Å². The van der Waals surface area contributed by atoms with E-state index in [4.69, 9.17) is 4.74 Å². The highest BCUT2D eigenvalue weighted by atomic mass is 32.2. The Morgan fingerprint density at radius 2 is 1.92 bits per heavy atom. The number of rotatable bonds is 4. The van der Waals surface area contributed by atoms with Gasteiger partial charge in [0, 0.05) is 30.9 Å². The first kappa shape index (κ1) is 18.1. The average molecular weight is 363 g/mol. The topological polar surface area (TPSA) is 72.6 Å². The van der Waals surface area contributed by atoms with Gasteiger partial charge in [0.1, 0.15) is 0 Å². The molecule has 2 atom stereocenters. The fourth-order valence-electron chi connectivity index (χ4n) is 3.41. The summed E-state index contributed by atoms with van der Waals surface area (Å²) < 4.78 is 7.48. The van der Waals surface area contributed by atoms with Gasteiger partial charge < -0.3 is 9.64 Å². The maximum absolute atomic E-state index is 12.6. The molecule has 0 unspecified atom stereocenters. The molecule has 1 fully saturated rings. The van der Waals surface area contributed by atoms with Crippen molar-refractivity contribution in [2.75, 3.05) is 19.3 Å². The summed E-state index contributed by atoms with van der Waals surface area (Å²) in [4.78, 5) is 23.5. The minimum atomic E-state index is 0.0919. The predicted octanol–water partition coefficient (Wildman–Crippen LogP) is 2.03. The van der Waals surface area contributed by atoms with Crippen LogP contribution in [0.1, 0.15) is 37.2 Å². The number of fused-ring (bicyclic) bond motifs is 1. The van der Waals surface area contributed by atoms with E-state index in [1.165, 1.54) is 11.8 Å². The van der Waals surface area contributed by atoms with E-state index >= 15 is 0 Å². The van der Waals surface area contributed by atoms with Gasteiger partial charge in [-0.2, -0.15) is 4.98 Å². The van der Waals surface area contributed by atoms with Crippen LogP contribution in [0.4, 0.5) is 0 Å². The summed E-state index contributed by atoms with van der Waals surface area (Å²) in [5.74, 6) is 0.787. The predicted molar refractivity (Wildman–Crippen MR) is 96.9 cm³/mol. The Morgan fingerprint density at radius 1 is 1.24 bits per heavy atom. The Kier molecular flexibility index (Phi) is 5.29. The molecule has 1 saturated heterocycles. The van der Waals surface area contributed by atoms with Crippen LogP contribution >= 0.6 is 11.8 Å². The lowest BCUT2D eigenvalue weighted by Crippen LogP contribution is -2.48. The van der Waals surface area contributed by atoms with Crippen LogP contribution in [0.5, 0.6) is 0 Å². The molecule has 0 N–H and O–H groups in total. The van der Waals surface area contributed by atoms with Crippen LogP contribution in [0.15, 0.2) is 5.16 Å². The van der Waals surface area contributed by atoms with E-state index in [0.29, 0.717) is 36.9 Å². The molecule has 2 aromatic rings. The van der Waals surface area contributed by atoms with Crippen molar-refractivity contribution in [2.45, 2.75) is 57.9 Å². The molecular weight excluding hydrogens is 338 g/mol. The fourth-order valence-corrected chi connectivity index (χ4v) is 3.75. The third kappa shape index (κ3) is 3.79. The van der Waals surface area contributed by atoms with Gasteiger partial charge in [-0.3, -0.25) is 4.79 Å². The first-order chi connectivity index (χ1) is 11.9. The zero-order valence-electron chi connectivity index (χ0n) is 15.4. The van der Waals surface area contributed by atoms with Crippen molar-refractivity contribution in [3.63, 3.8) is 0 Å². The monoisotopic (exact) mass is 363 g/mol. The van der Waals surface area contributed by atoms with Crippen LogP contribution in [0, 0.1) is 13.8 Å². The molecule has 0 bridgehead atoms. The minimum absolute atomic E-state index is 0.0919. The highest BCUT2D eigenvalue weighted by Gasteiger charge is 2.26. The summed E-state index contributed by atoms with van der Waals surface area (Å²) in [5, 5.41) is 5.17. The summed E-state index contributed by atoms with van der Waals surface area (Å²) in [7, 11) is 0. The molecule has 8 heteroatoms. The van der Waals surface area contributed by atoms with Gasteiger partial charge in [0.2, 0.25) is 11.1 Å². The molecule has 0 aromatic carbocycles. The molecule has 1 aliphatic heterocycles. The molecule has 0 aliphatic carbocycles. The van der Waals surface area contributed by atoms with Crippen LogP contribution in [0.2, 0.25) is 0 Å². The summed E-state index contributed by atoms with van der Waals surface area (Å²) in [6.07, 6.45) is 3.26. The number of aromatic nitrogens is 4. The van der Waals surface area contributed by atoms with Crippen molar-refractivity contribution in [1.82, 2.24) is 24.5 Å². The highest BCUT2D eigenvalue weighted by molar-refractivity contribution is 7.98. The number of amides is 1. The largest absolute Gasteiger partial charge is 0.372 e. The van der Waals surface area contributed by atoms with Gasteiger partial charge in [-0.1, -0.05) is 11.8 Å². The number of morpholine rings is 1. The Hall–Kier alpha value is -1.67. The summed E-state index contributed by atoms with van der Waals surface area (Å²) in [6, 6.07) is 0. The van der Waals surface area contributed by atoms with E-state index in [0.717, 1.165) is 17.0 Å². The molecule has 7 nitrogen and oxygen atoms in total. The highest BCUT2D eigenvalue weighted by Crippen LogP contribution is 2.19. The summed E-state index contributed by atoms with van der Waals surface area (Å²) in [5.41, 5.74) is 3.00. The zero-order chi connectivity index (χ0) is 18.1. The Balaban J connectivity index is 1.75. The lowest BCUT2D eigenvalue weighted by molar-refractivity contribution is -0.143. The van der Waals surface area contributed by atoms with Gasteiger partial charge in [0.05, 0.1) is 12.2 Å². The molecule has 0 radical (unpaired) electrons. The van der Waals surface area contributed by atoms with Crippen molar-refractivity contribution < 1.29 is 9.53 Å². The number of ether oxygens (including phenoxy) is 1. The van der Waals surface area contributed by atoms with Gasteiger partial charge in [0.15, 0.2) is 0 Å². The maximum Gasteiger partial charge on any atom is 0.253 e. The number of thioether (sulfide) groups is 1. The third-order valence-electron chi connectivity index (χ3n) is 4.57. The number of hydrogen-bond acceptors (Lipinski definition) is 6. The Labute approximate surface area is 152 Å². The van der Waals surface area contributed by atoms with Gasteiger partial charge in [-0.15, -0.1) is 5.10 Å². The Bertz CT molecular complexity index is 781. The van der Waals surface area contributed by atoms with Crippen molar-refractivity contribution in [2.24, 2.45) is 0 Å². The number of hydrogen-bond donors (Lipinski definition) is 0. The number of carbonyl (C=O) groups is 1. The number of carbonyl (C=O) groups excluding carboxylic acids is 1. The van der Waals surface area contributed by atoms with E-state index in [1.807, 2.05) is 38.9 Å². The average Bonchev–Trinajstić information content (AvgIpc) is 2.96. The first-order valence-electron chi connectivity index (χ1n) is 8.59. The fraction of sp³-hybridized carbons (Fsp3) is 0.647. The molecule has 3 rings (SSSR count). The summed E-state index contributed by atoms with van der Waals surface area (Å²) in [6.45, 7) is 9.34. The first-order valence-corrected chi connectivity index (χ1v) is 9.81. The molecule has 1 aliphatic rings.